The molecule has 1 aromatic heterocycles. The van der Waals surface area contributed by atoms with Crippen LogP contribution in [-0.2, 0) is 18.9 Å². The van der Waals surface area contributed by atoms with Crippen LogP contribution in [-0.4, -0.2) is 45.2 Å². The monoisotopic (exact) mass is 512 g/mol. The Balaban J connectivity index is 2.01. The zero-order chi connectivity index (χ0) is 23.0. The lowest BCUT2D eigenvalue weighted by atomic mass is 10.0. The van der Waals surface area contributed by atoms with Crippen molar-refractivity contribution in [2.24, 2.45) is 0 Å². The molecule has 2 aromatic rings. The summed E-state index contributed by atoms with van der Waals surface area (Å²) < 4.78 is 79.7. The average molecular weight is 513 g/mol. The van der Waals surface area contributed by atoms with Gasteiger partial charge < -0.3 is 14.9 Å². The molecular formula is C18H15BrF6N4O2. The van der Waals surface area contributed by atoms with E-state index in [-0.39, 0.29) is 37.2 Å². The van der Waals surface area contributed by atoms with Gasteiger partial charge in [-0.15, -0.1) is 0 Å². The molecule has 6 nitrogen and oxygen atoms in total. The minimum Gasteiger partial charge on any atom is -0.465 e. The van der Waals surface area contributed by atoms with Crippen molar-refractivity contribution < 1.29 is 36.2 Å². The number of amides is 1. The molecule has 0 saturated carbocycles. The van der Waals surface area contributed by atoms with E-state index in [9.17, 15) is 36.2 Å². The SMILES string of the molecule is O=C(O)N1CC[C@H](N(Cc2cc(C(F)(F)F)cc(C(F)(F)F)c2)c2ncc(Br)cn2)C1. The first-order chi connectivity index (χ1) is 14.3. The van der Waals surface area contributed by atoms with Gasteiger partial charge in [0.1, 0.15) is 0 Å². The van der Waals surface area contributed by atoms with Gasteiger partial charge in [0, 0.05) is 32.0 Å². The van der Waals surface area contributed by atoms with E-state index in [0.29, 0.717) is 23.0 Å². The van der Waals surface area contributed by atoms with E-state index >= 15 is 0 Å². The molecule has 168 valence electrons. The second-order valence-corrected chi connectivity index (χ2v) is 7.83. The lowest BCUT2D eigenvalue weighted by Crippen LogP contribution is -2.39. The number of likely N-dealkylation sites (tertiary alicyclic amines) is 1. The summed E-state index contributed by atoms with van der Waals surface area (Å²) in [5.41, 5.74) is -3.09. The highest BCUT2D eigenvalue weighted by Gasteiger charge is 2.38. The van der Waals surface area contributed by atoms with Crippen molar-refractivity contribution >= 4 is 28.0 Å². The fourth-order valence-electron chi connectivity index (χ4n) is 3.29. The van der Waals surface area contributed by atoms with Crippen molar-refractivity contribution in [1.82, 2.24) is 14.9 Å². The first kappa shape index (κ1) is 23.1. The molecule has 0 bridgehead atoms. The second kappa shape index (κ2) is 8.52. The van der Waals surface area contributed by atoms with Gasteiger partial charge in [0.15, 0.2) is 0 Å². The number of hydrogen-bond acceptors (Lipinski definition) is 4. The van der Waals surface area contributed by atoms with Crippen molar-refractivity contribution in [2.75, 3.05) is 18.0 Å². The van der Waals surface area contributed by atoms with Crippen LogP contribution in [0.5, 0.6) is 0 Å². The quantitative estimate of drug-likeness (QED) is 0.581. The van der Waals surface area contributed by atoms with Crippen molar-refractivity contribution in [3.8, 4) is 0 Å². The van der Waals surface area contributed by atoms with E-state index in [2.05, 4.69) is 25.9 Å². The van der Waals surface area contributed by atoms with Crippen LogP contribution in [0.4, 0.5) is 37.1 Å². The third-order valence-corrected chi connectivity index (χ3v) is 5.15. The van der Waals surface area contributed by atoms with Crippen LogP contribution in [0, 0.1) is 0 Å². The largest absolute Gasteiger partial charge is 0.465 e. The first-order valence-electron chi connectivity index (χ1n) is 8.85. The second-order valence-electron chi connectivity index (χ2n) is 6.91. The van der Waals surface area contributed by atoms with Crippen LogP contribution >= 0.6 is 15.9 Å². The summed E-state index contributed by atoms with van der Waals surface area (Å²) in [6.45, 7) is -0.184. The van der Waals surface area contributed by atoms with Gasteiger partial charge >= 0.3 is 18.4 Å². The highest BCUT2D eigenvalue weighted by atomic mass is 79.9. The number of rotatable bonds is 4. The van der Waals surface area contributed by atoms with Crippen LogP contribution in [0.1, 0.15) is 23.1 Å². The van der Waals surface area contributed by atoms with E-state index in [0.717, 1.165) is 4.90 Å². The maximum atomic E-state index is 13.2. The number of halogens is 7. The van der Waals surface area contributed by atoms with E-state index in [1.807, 2.05) is 0 Å². The van der Waals surface area contributed by atoms with Crippen molar-refractivity contribution in [1.29, 1.82) is 0 Å². The van der Waals surface area contributed by atoms with Gasteiger partial charge in [-0.3, -0.25) is 0 Å². The molecule has 13 heteroatoms. The van der Waals surface area contributed by atoms with Crippen molar-refractivity contribution in [3.05, 3.63) is 51.8 Å². The van der Waals surface area contributed by atoms with Gasteiger partial charge in [0.05, 0.1) is 21.6 Å². The highest BCUT2D eigenvalue weighted by molar-refractivity contribution is 9.10. The molecule has 31 heavy (non-hydrogen) atoms. The zero-order valence-corrected chi connectivity index (χ0v) is 17.2. The lowest BCUT2D eigenvalue weighted by Gasteiger charge is -2.29. The van der Waals surface area contributed by atoms with Crippen LogP contribution in [0.2, 0.25) is 0 Å². The Morgan fingerprint density at radius 3 is 2.10 bits per heavy atom. The zero-order valence-electron chi connectivity index (χ0n) is 15.6. The van der Waals surface area contributed by atoms with Crippen LogP contribution in [0.25, 0.3) is 0 Å². The van der Waals surface area contributed by atoms with Crippen LogP contribution in [0.15, 0.2) is 35.1 Å². The number of anilines is 1. The predicted octanol–water partition coefficient (Wildman–Crippen LogP) is 5.04. The molecular weight excluding hydrogens is 498 g/mol. The predicted molar refractivity (Wildman–Crippen MR) is 100 cm³/mol. The lowest BCUT2D eigenvalue weighted by molar-refractivity contribution is -0.143. The molecule has 1 amide bonds. The van der Waals surface area contributed by atoms with Crippen molar-refractivity contribution in [2.45, 2.75) is 31.4 Å². The molecule has 2 heterocycles. The van der Waals surface area contributed by atoms with Crippen LogP contribution < -0.4 is 4.90 Å². The third-order valence-electron chi connectivity index (χ3n) is 4.74. The minimum atomic E-state index is -4.97. The number of benzene rings is 1. The molecule has 1 N–H and O–H groups in total. The van der Waals surface area contributed by atoms with Crippen molar-refractivity contribution in [3.63, 3.8) is 0 Å². The van der Waals surface area contributed by atoms with Gasteiger partial charge in [-0.1, -0.05) is 0 Å². The molecule has 0 spiro atoms. The maximum absolute atomic E-state index is 13.2. The Labute approximate surface area is 180 Å². The highest BCUT2D eigenvalue weighted by Crippen LogP contribution is 2.37. The van der Waals surface area contributed by atoms with Gasteiger partial charge in [-0.05, 0) is 46.1 Å². The third kappa shape index (κ3) is 5.57. The van der Waals surface area contributed by atoms with Gasteiger partial charge in [0.2, 0.25) is 5.95 Å². The van der Waals surface area contributed by atoms with E-state index in [4.69, 9.17) is 0 Å². The standard InChI is InChI=1S/C18H15BrF6N4O2/c19-13-6-26-15(27-7-13)29(14-1-2-28(9-14)16(30)31)8-10-3-11(17(20,21)22)5-12(4-10)18(23,24)25/h3-7,14H,1-2,8-9H2,(H,30,31)/t14-/m0/s1. The Morgan fingerprint density at radius 1 is 1.10 bits per heavy atom. The Hall–Kier alpha value is -2.57. The van der Waals surface area contributed by atoms with E-state index in [1.54, 1.807) is 0 Å². The summed E-state index contributed by atoms with van der Waals surface area (Å²) in [4.78, 5) is 22.0. The Kier molecular flexibility index (Phi) is 6.35. The van der Waals surface area contributed by atoms with Gasteiger partial charge in [-0.2, -0.15) is 26.3 Å². The number of hydrogen-bond donors (Lipinski definition) is 1. The Bertz CT molecular complexity index is 919. The fraction of sp³-hybridized carbons (Fsp3) is 0.389. The average Bonchev–Trinajstić information content (AvgIpc) is 3.15. The summed E-state index contributed by atoms with van der Waals surface area (Å²) in [6.07, 6.45) is -8.03. The molecule has 1 aliphatic heterocycles. The molecule has 3 rings (SSSR count). The molecule has 0 aliphatic carbocycles. The van der Waals surface area contributed by atoms with Gasteiger partial charge in [-0.25, -0.2) is 14.8 Å². The normalized spacial score (nSPS) is 17.1. The topological polar surface area (TPSA) is 69.6 Å². The summed E-state index contributed by atoms with van der Waals surface area (Å²) in [5.74, 6) is 0.0615. The Morgan fingerprint density at radius 2 is 1.65 bits per heavy atom. The number of aromatic nitrogens is 2. The molecule has 1 fully saturated rings. The van der Waals surface area contributed by atoms with Gasteiger partial charge in [0.25, 0.3) is 0 Å². The number of carbonyl (C=O) groups is 1. The molecule has 1 atom stereocenters. The van der Waals surface area contributed by atoms with E-state index in [1.165, 1.54) is 17.3 Å². The number of alkyl halides is 6. The molecule has 1 aromatic carbocycles. The van der Waals surface area contributed by atoms with E-state index < -0.39 is 35.6 Å². The molecule has 1 aliphatic rings. The summed E-state index contributed by atoms with van der Waals surface area (Å²) >= 11 is 3.16. The summed E-state index contributed by atoms with van der Waals surface area (Å²) in [7, 11) is 0. The maximum Gasteiger partial charge on any atom is 0.416 e. The first-order valence-corrected chi connectivity index (χ1v) is 9.64. The fourth-order valence-corrected chi connectivity index (χ4v) is 3.50. The van der Waals surface area contributed by atoms with Crippen LogP contribution in [0.3, 0.4) is 0 Å². The molecule has 0 unspecified atom stereocenters. The summed E-state index contributed by atoms with van der Waals surface area (Å²) in [6, 6.07) is 0.822. The summed E-state index contributed by atoms with van der Waals surface area (Å²) in [5, 5.41) is 9.18. The smallest absolute Gasteiger partial charge is 0.416 e. The number of carboxylic acid groups (broad SMARTS) is 1. The minimum absolute atomic E-state index is 0.0137. The molecule has 1 saturated heterocycles. The number of nitrogens with zero attached hydrogens (tertiary/aromatic N) is 4. The molecule has 0 radical (unpaired) electrons.